The highest BCUT2D eigenvalue weighted by Crippen LogP contribution is 2.14. The summed E-state index contributed by atoms with van der Waals surface area (Å²) in [5.74, 6) is 0. The van der Waals surface area contributed by atoms with E-state index in [1.165, 1.54) is 6.20 Å². The molecular formula is C11H10BF2N. The van der Waals surface area contributed by atoms with Gasteiger partial charge in [0.05, 0.1) is 0 Å². The van der Waals surface area contributed by atoms with E-state index in [0.717, 1.165) is 5.52 Å². The van der Waals surface area contributed by atoms with E-state index in [4.69, 9.17) is 0 Å². The highest BCUT2D eigenvalue weighted by Gasteiger charge is 2.21. The van der Waals surface area contributed by atoms with Crippen molar-refractivity contribution < 1.29 is 8.63 Å². The Hall–Kier alpha value is -1.58. The number of nitrogens with zero attached hydrogens (tertiary/aromatic N) is 1. The van der Waals surface area contributed by atoms with Crippen LogP contribution in [-0.4, -0.2) is 11.8 Å². The predicted molar refractivity (Wildman–Crippen MR) is 59.7 cm³/mol. The van der Waals surface area contributed by atoms with Crippen LogP contribution in [0.3, 0.4) is 0 Å². The highest BCUT2D eigenvalue weighted by molar-refractivity contribution is 6.63. The summed E-state index contributed by atoms with van der Waals surface area (Å²) >= 11 is 0. The Balaban J connectivity index is 2.67. The molecule has 4 heteroatoms. The van der Waals surface area contributed by atoms with Crippen molar-refractivity contribution in [1.82, 2.24) is 4.57 Å². The molecule has 0 amide bonds. The Labute approximate surface area is 87.2 Å². The number of hydrogen-bond acceptors (Lipinski definition) is 0. The van der Waals surface area contributed by atoms with Crippen LogP contribution in [0.15, 0.2) is 43.1 Å². The molecule has 0 aliphatic heterocycles. The molecule has 1 nitrogen and oxygen atoms in total. The van der Waals surface area contributed by atoms with Crippen LogP contribution in [0.1, 0.15) is 0 Å². The minimum absolute atomic E-state index is 0.0902. The molecule has 0 saturated carbocycles. The molecule has 0 aliphatic carbocycles. The molecule has 15 heavy (non-hydrogen) atoms. The Morgan fingerprint density at radius 3 is 2.73 bits per heavy atom. The van der Waals surface area contributed by atoms with Gasteiger partial charge in [-0.25, -0.2) is 0 Å². The van der Waals surface area contributed by atoms with Crippen molar-refractivity contribution >= 4 is 23.6 Å². The van der Waals surface area contributed by atoms with Gasteiger partial charge >= 0.3 is 7.27 Å². The summed E-state index contributed by atoms with van der Waals surface area (Å²) in [6.45, 7) is 4.16. The van der Waals surface area contributed by atoms with Gasteiger partial charge in [-0.15, -0.1) is 6.58 Å². The Morgan fingerprint density at radius 1 is 1.33 bits per heavy atom. The van der Waals surface area contributed by atoms with E-state index in [1.807, 2.05) is 12.1 Å². The summed E-state index contributed by atoms with van der Waals surface area (Å²) < 4.78 is 27.2. The third-order valence-electron chi connectivity index (χ3n) is 2.38. The monoisotopic (exact) mass is 205 g/mol. The van der Waals surface area contributed by atoms with Crippen LogP contribution in [0.25, 0.3) is 10.9 Å². The lowest BCUT2D eigenvalue weighted by molar-refractivity contribution is 0.685. The van der Waals surface area contributed by atoms with Crippen molar-refractivity contribution in [1.29, 1.82) is 0 Å². The quantitative estimate of drug-likeness (QED) is 0.535. The van der Waals surface area contributed by atoms with Gasteiger partial charge in [0.2, 0.25) is 0 Å². The van der Waals surface area contributed by atoms with Gasteiger partial charge < -0.3 is 4.57 Å². The molecule has 0 saturated heterocycles. The molecule has 0 radical (unpaired) electrons. The summed E-state index contributed by atoms with van der Waals surface area (Å²) in [6, 6.07) is 7.17. The Morgan fingerprint density at radius 2 is 2.07 bits per heavy atom. The van der Waals surface area contributed by atoms with E-state index in [9.17, 15) is 8.63 Å². The zero-order valence-electron chi connectivity index (χ0n) is 8.16. The number of para-hydroxylation sites is 1. The third kappa shape index (κ3) is 1.67. The number of fused-ring (bicyclic) bond motifs is 1. The maximum atomic E-state index is 12.7. The van der Waals surface area contributed by atoms with Gasteiger partial charge in [-0.05, 0) is 11.5 Å². The topological polar surface area (TPSA) is 4.93 Å². The molecule has 0 fully saturated rings. The van der Waals surface area contributed by atoms with Gasteiger partial charge in [-0.2, -0.15) is 0 Å². The number of aromatic nitrogens is 1. The maximum Gasteiger partial charge on any atom is 0.574 e. The van der Waals surface area contributed by atoms with Crippen LogP contribution in [0.4, 0.5) is 8.63 Å². The van der Waals surface area contributed by atoms with Crippen molar-refractivity contribution in [3.8, 4) is 0 Å². The fraction of sp³-hybridized carbons (Fsp3) is 0.0909. The zero-order chi connectivity index (χ0) is 10.8. The molecule has 0 N–H and O–H groups in total. The fourth-order valence-electron chi connectivity index (χ4n) is 1.74. The number of halogens is 2. The van der Waals surface area contributed by atoms with Gasteiger partial charge in [0, 0.05) is 23.7 Å². The first kappa shape index (κ1) is 9.96. The Bertz CT molecular complexity index is 490. The summed E-state index contributed by atoms with van der Waals surface area (Å²) in [7, 11) is -2.43. The minimum atomic E-state index is -2.43. The number of hydrogen-bond donors (Lipinski definition) is 0. The van der Waals surface area contributed by atoms with Gasteiger partial charge in [-0.1, -0.05) is 24.3 Å². The van der Waals surface area contributed by atoms with Crippen LogP contribution in [0.5, 0.6) is 0 Å². The minimum Gasteiger partial charge on any atom is -0.344 e. The van der Waals surface area contributed by atoms with Gasteiger partial charge in [0.1, 0.15) is 0 Å². The van der Waals surface area contributed by atoms with E-state index in [0.29, 0.717) is 11.9 Å². The van der Waals surface area contributed by atoms with Crippen molar-refractivity contribution in [2.75, 3.05) is 0 Å². The predicted octanol–water partition coefficient (Wildman–Crippen LogP) is 2.46. The second-order valence-electron chi connectivity index (χ2n) is 3.34. The molecule has 1 aromatic carbocycles. The number of rotatable bonds is 3. The van der Waals surface area contributed by atoms with Gasteiger partial charge in [-0.3, -0.25) is 8.63 Å². The van der Waals surface area contributed by atoms with Crippen LogP contribution >= 0.6 is 0 Å². The average molecular weight is 205 g/mol. The lowest BCUT2D eigenvalue weighted by Crippen LogP contribution is -2.19. The summed E-state index contributed by atoms with van der Waals surface area (Å²) in [5.41, 5.74) is 0.917. The molecule has 0 spiro atoms. The molecule has 0 aliphatic rings. The van der Waals surface area contributed by atoms with Crippen LogP contribution < -0.4 is 5.46 Å². The van der Waals surface area contributed by atoms with Crippen LogP contribution in [0.2, 0.25) is 0 Å². The molecule has 0 unspecified atom stereocenters. The molecule has 76 valence electrons. The molecule has 2 rings (SSSR count). The van der Waals surface area contributed by atoms with E-state index in [1.54, 1.807) is 22.8 Å². The fourth-order valence-corrected chi connectivity index (χ4v) is 1.74. The molecule has 1 heterocycles. The summed E-state index contributed by atoms with van der Waals surface area (Å²) in [6.07, 6.45) is 3.19. The van der Waals surface area contributed by atoms with Crippen LogP contribution in [-0.2, 0) is 6.54 Å². The lowest BCUT2D eigenvalue weighted by Gasteiger charge is -1.99. The standard InChI is InChI=1S/C11H10BF2N/c1-2-7-15-8-10(12(13)14)9-5-3-4-6-11(9)15/h2-6,8H,1,7H2. The van der Waals surface area contributed by atoms with E-state index in [-0.39, 0.29) is 5.46 Å². The summed E-state index contributed by atoms with van der Waals surface area (Å²) in [5, 5.41) is 0.620. The van der Waals surface area contributed by atoms with E-state index >= 15 is 0 Å². The number of benzene rings is 1. The third-order valence-corrected chi connectivity index (χ3v) is 2.38. The number of allylic oxidation sites excluding steroid dienone is 1. The first-order valence-electron chi connectivity index (χ1n) is 4.71. The van der Waals surface area contributed by atoms with Crippen molar-refractivity contribution in [2.24, 2.45) is 0 Å². The second kappa shape index (κ2) is 3.89. The molecule has 2 aromatic rings. The van der Waals surface area contributed by atoms with Crippen molar-refractivity contribution in [2.45, 2.75) is 6.54 Å². The lowest BCUT2D eigenvalue weighted by atomic mass is 9.86. The van der Waals surface area contributed by atoms with E-state index in [2.05, 4.69) is 6.58 Å². The normalized spacial score (nSPS) is 10.5. The van der Waals surface area contributed by atoms with Gasteiger partial charge in [0.25, 0.3) is 0 Å². The van der Waals surface area contributed by atoms with Crippen molar-refractivity contribution in [3.05, 3.63) is 43.1 Å². The Kier molecular flexibility index (Phi) is 2.58. The largest absolute Gasteiger partial charge is 0.574 e. The average Bonchev–Trinajstić information content (AvgIpc) is 2.59. The molecule has 1 aromatic heterocycles. The highest BCUT2D eigenvalue weighted by atomic mass is 19.2. The molecule has 0 atom stereocenters. The van der Waals surface area contributed by atoms with E-state index < -0.39 is 7.27 Å². The smallest absolute Gasteiger partial charge is 0.344 e. The SMILES string of the molecule is C=CCn1cc(B(F)F)c2ccccc21. The van der Waals surface area contributed by atoms with Gasteiger partial charge in [0.15, 0.2) is 0 Å². The second-order valence-corrected chi connectivity index (χ2v) is 3.34. The van der Waals surface area contributed by atoms with Crippen LogP contribution in [0, 0.1) is 0 Å². The molecule has 0 bridgehead atoms. The van der Waals surface area contributed by atoms with Crippen molar-refractivity contribution in [3.63, 3.8) is 0 Å². The zero-order valence-corrected chi connectivity index (χ0v) is 8.16. The molecular weight excluding hydrogens is 195 g/mol. The maximum absolute atomic E-state index is 12.7. The first-order valence-corrected chi connectivity index (χ1v) is 4.71. The first-order chi connectivity index (χ1) is 7.24. The summed E-state index contributed by atoms with van der Waals surface area (Å²) in [4.78, 5) is 0.